The molecule has 0 bridgehead atoms. The van der Waals surface area contributed by atoms with Gasteiger partial charge in [0.2, 0.25) is 0 Å². The van der Waals surface area contributed by atoms with Crippen LogP contribution >= 0.6 is 17.2 Å². The maximum absolute atomic E-state index is 8.00. The van der Waals surface area contributed by atoms with Crippen molar-refractivity contribution in [3.63, 3.8) is 0 Å². The molecule has 0 aliphatic carbocycles. The summed E-state index contributed by atoms with van der Waals surface area (Å²) in [6.07, 6.45) is 3.65. The Labute approximate surface area is 159 Å². The third-order valence-electron chi connectivity index (χ3n) is 4.87. The van der Waals surface area contributed by atoms with Gasteiger partial charge in [-0.2, -0.15) is 0 Å². The van der Waals surface area contributed by atoms with E-state index in [0.29, 0.717) is 0 Å². The molecule has 0 spiro atoms. The van der Waals surface area contributed by atoms with E-state index in [0.717, 1.165) is 21.2 Å². The fourth-order valence-electron chi connectivity index (χ4n) is 3.64. The second-order valence-electron chi connectivity index (χ2n) is 6.22. The third kappa shape index (κ3) is 2.40. The molecule has 4 rings (SSSR count). The van der Waals surface area contributed by atoms with Crippen LogP contribution in [0.5, 0.6) is 0 Å². The van der Waals surface area contributed by atoms with Crippen LogP contribution < -0.4 is 21.2 Å². The van der Waals surface area contributed by atoms with Crippen molar-refractivity contribution in [1.82, 2.24) is 4.98 Å². The zero-order valence-electron chi connectivity index (χ0n) is 14.2. The zero-order chi connectivity index (χ0) is 17.9. The summed E-state index contributed by atoms with van der Waals surface area (Å²) < 4.78 is 0. The number of halogens is 1. The fourth-order valence-corrected chi connectivity index (χ4v) is 9.67. The minimum absolute atomic E-state index is 1.09. The predicted octanol–water partition coefficient (Wildman–Crippen LogP) is 4.39. The van der Waals surface area contributed by atoms with Crippen molar-refractivity contribution in [3.8, 4) is 0 Å². The van der Waals surface area contributed by atoms with Crippen molar-refractivity contribution in [2.45, 2.75) is 0 Å². The van der Waals surface area contributed by atoms with Crippen LogP contribution in [0.4, 0.5) is 0 Å². The molecule has 0 N–H and O–H groups in total. The Balaban J connectivity index is 2.23. The molecule has 0 unspecified atom stereocenters. The number of hydrogen-bond donors (Lipinski definition) is 0. The van der Waals surface area contributed by atoms with Gasteiger partial charge in [0.25, 0.3) is 0 Å². The molecule has 128 valence electrons. The molecular formula is C23H19ClNP. The summed E-state index contributed by atoms with van der Waals surface area (Å²) in [5, 5.41) is 4.48. The van der Waals surface area contributed by atoms with Gasteiger partial charge in [0.05, 0.1) is 0 Å². The molecule has 3 aromatic carbocycles. The van der Waals surface area contributed by atoms with E-state index in [1.54, 1.807) is 0 Å². The zero-order valence-corrected chi connectivity index (χ0v) is 15.9. The van der Waals surface area contributed by atoms with Crippen molar-refractivity contribution in [2.75, 3.05) is 0 Å². The van der Waals surface area contributed by atoms with E-state index in [4.69, 9.17) is 11.2 Å². The van der Waals surface area contributed by atoms with Crippen molar-refractivity contribution in [3.05, 3.63) is 116 Å². The van der Waals surface area contributed by atoms with Crippen LogP contribution in [-0.4, -0.2) is 4.98 Å². The van der Waals surface area contributed by atoms with Gasteiger partial charge in [-0.05, 0) is 0 Å². The average Bonchev–Trinajstić information content (AvgIpc) is 2.76. The van der Waals surface area contributed by atoms with Gasteiger partial charge in [0, 0.05) is 0 Å². The van der Waals surface area contributed by atoms with Crippen LogP contribution in [0.3, 0.4) is 0 Å². The monoisotopic (exact) mass is 375 g/mol. The molecule has 1 aromatic heterocycles. The molecule has 1 heterocycles. The summed E-state index contributed by atoms with van der Waals surface area (Å²) in [5.74, 6) is -3.38. The summed E-state index contributed by atoms with van der Waals surface area (Å²) in [6, 6.07) is 35.4. The Morgan fingerprint density at radius 3 is 1.12 bits per heavy atom. The molecule has 0 aliphatic heterocycles. The van der Waals surface area contributed by atoms with Crippen molar-refractivity contribution in [2.24, 2.45) is 0 Å². The van der Waals surface area contributed by atoms with Crippen molar-refractivity contribution >= 4 is 38.4 Å². The summed E-state index contributed by atoms with van der Waals surface area (Å²) in [4.78, 5) is 4.23. The SMILES string of the molecule is ClP(c1ccccc1)(c1ccccc1)(c1ccccc1)c1ccncc1. The maximum atomic E-state index is 8.00. The van der Waals surface area contributed by atoms with Crippen LogP contribution in [0.1, 0.15) is 0 Å². The second-order valence-corrected chi connectivity index (χ2v) is 12.3. The molecule has 0 radical (unpaired) electrons. The third-order valence-corrected chi connectivity index (χ3v) is 12.3. The molecule has 0 atom stereocenters. The molecular weight excluding hydrogens is 357 g/mol. The summed E-state index contributed by atoms with van der Waals surface area (Å²) in [6.45, 7) is 0. The quantitative estimate of drug-likeness (QED) is 0.482. The van der Waals surface area contributed by atoms with Gasteiger partial charge in [-0.1, -0.05) is 0 Å². The van der Waals surface area contributed by atoms with Crippen LogP contribution in [0.15, 0.2) is 116 Å². The first-order valence-electron chi connectivity index (χ1n) is 8.56. The van der Waals surface area contributed by atoms with Gasteiger partial charge in [0.1, 0.15) is 0 Å². The van der Waals surface area contributed by atoms with E-state index in [-0.39, 0.29) is 0 Å². The Morgan fingerprint density at radius 1 is 0.462 bits per heavy atom. The number of pyridine rings is 1. The molecule has 0 amide bonds. The van der Waals surface area contributed by atoms with Gasteiger partial charge >= 0.3 is 159 Å². The molecule has 3 heteroatoms. The first kappa shape index (κ1) is 17.0. The van der Waals surface area contributed by atoms with Crippen molar-refractivity contribution < 1.29 is 0 Å². The second kappa shape index (κ2) is 6.68. The molecule has 1 nitrogen and oxygen atoms in total. The number of rotatable bonds is 4. The van der Waals surface area contributed by atoms with Crippen molar-refractivity contribution in [1.29, 1.82) is 0 Å². The van der Waals surface area contributed by atoms with Crippen LogP contribution in [-0.2, 0) is 0 Å². The van der Waals surface area contributed by atoms with E-state index >= 15 is 0 Å². The first-order chi connectivity index (χ1) is 12.7. The van der Waals surface area contributed by atoms with Gasteiger partial charge in [-0.25, -0.2) is 0 Å². The minimum atomic E-state index is -3.38. The van der Waals surface area contributed by atoms with E-state index < -0.39 is 5.96 Å². The van der Waals surface area contributed by atoms with E-state index in [2.05, 4.69) is 89.9 Å². The predicted molar refractivity (Wildman–Crippen MR) is 115 cm³/mol. The standard InChI is InChI=1S/C23H19ClNP/c24-26(20-10-4-1-5-11-20,21-12-6-2-7-13-21,22-14-8-3-9-15-22)23-16-18-25-19-17-23/h1-19H. The normalized spacial score (nSPS) is 12.9. The summed E-state index contributed by atoms with van der Waals surface area (Å²) in [5.41, 5.74) is 0. The topological polar surface area (TPSA) is 12.9 Å². The number of benzene rings is 3. The Kier molecular flexibility index (Phi) is 4.36. The summed E-state index contributed by atoms with van der Waals surface area (Å²) >= 11 is 8.00. The molecule has 0 saturated heterocycles. The molecule has 0 aliphatic rings. The van der Waals surface area contributed by atoms with Crippen LogP contribution in [0.25, 0.3) is 0 Å². The number of aromatic nitrogens is 1. The fraction of sp³-hybridized carbons (Fsp3) is 0. The van der Waals surface area contributed by atoms with Crippen LogP contribution in [0, 0.1) is 0 Å². The Hall–Kier alpha value is -2.47. The molecule has 0 saturated carbocycles. The first-order valence-corrected chi connectivity index (χ1v) is 11.7. The molecule has 26 heavy (non-hydrogen) atoms. The summed E-state index contributed by atoms with van der Waals surface area (Å²) in [7, 11) is 0. The number of hydrogen-bond acceptors (Lipinski definition) is 1. The Morgan fingerprint density at radius 2 is 0.769 bits per heavy atom. The van der Waals surface area contributed by atoms with Crippen LogP contribution in [0.2, 0.25) is 0 Å². The van der Waals surface area contributed by atoms with E-state index in [9.17, 15) is 0 Å². The van der Waals surface area contributed by atoms with Gasteiger partial charge < -0.3 is 0 Å². The van der Waals surface area contributed by atoms with Gasteiger partial charge in [0.15, 0.2) is 0 Å². The van der Waals surface area contributed by atoms with E-state index in [1.165, 1.54) is 0 Å². The molecule has 0 fully saturated rings. The number of nitrogens with zero attached hydrogens (tertiary/aromatic N) is 1. The van der Waals surface area contributed by atoms with Gasteiger partial charge in [-0.3, -0.25) is 0 Å². The molecule has 4 aromatic rings. The Bertz CT molecular complexity index is 820. The average molecular weight is 376 g/mol. The van der Waals surface area contributed by atoms with E-state index in [1.807, 2.05) is 30.6 Å². The van der Waals surface area contributed by atoms with Gasteiger partial charge in [-0.15, -0.1) is 0 Å².